The standard InChI is InChI=1S/C36H52N6O4/c1-24(46-20-25-11-6-4-7-12-25)30(34(45)40-15-8-5-9-16-40)38-32(43)28-19-41(29-14-10-13-26-18-37-39-31(26)29)21-36(28)22-42(23-36)33(44)27-17-35(27,2)3/h10,13-14,18,24-25,27-28,30H,4-9,11-12,15-17,19-23H2,1-3H3,(H,37,39)(H,38,43)/t24-,27-,28+,30+/m1/s1. The number of nitrogens with zero attached hydrogens (tertiary/aromatic N) is 4. The Balaban J connectivity index is 1.12. The molecule has 10 nitrogen and oxygen atoms in total. The number of fused-ring (bicyclic) bond motifs is 1. The van der Waals surface area contributed by atoms with Crippen molar-refractivity contribution in [1.29, 1.82) is 0 Å². The topological polar surface area (TPSA) is 111 Å². The molecule has 2 saturated carbocycles. The number of benzene rings is 1. The van der Waals surface area contributed by atoms with E-state index in [1.54, 1.807) is 0 Å². The first-order chi connectivity index (χ1) is 22.1. The molecule has 5 fully saturated rings. The van der Waals surface area contributed by atoms with E-state index in [1.807, 2.05) is 35.1 Å². The lowest BCUT2D eigenvalue weighted by Crippen LogP contribution is -2.65. The van der Waals surface area contributed by atoms with Gasteiger partial charge in [-0.2, -0.15) is 5.10 Å². The molecule has 5 aliphatic rings. The Bertz CT molecular complexity index is 1440. The minimum absolute atomic E-state index is 0.0308. The SMILES string of the molecule is C[C@@H](OCC1CCCCC1)[C@H](NC(=O)[C@@H]1CN(c2cccc3cn[nH]c23)CC12CN(C(=O)[C@H]1CC1(C)C)C2)C(=O)N1CCCCC1. The quantitative estimate of drug-likeness (QED) is 0.425. The fraction of sp³-hybridized carbons (Fsp3) is 0.722. The third-order valence-corrected chi connectivity index (χ3v) is 11.9. The predicted octanol–water partition coefficient (Wildman–Crippen LogP) is 4.36. The number of anilines is 1. The Kier molecular flexibility index (Phi) is 8.53. The molecule has 3 saturated heterocycles. The van der Waals surface area contributed by atoms with Crippen molar-refractivity contribution >= 4 is 34.3 Å². The van der Waals surface area contributed by atoms with Crippen LogP contribution >= 0.6 is 0 Å². The lowest BCUT2D eigenvalue weighted by Gasteiger charge is -2.51. The van der Waals surface area contributed by atoms with Crippen LogP contribution in [0, 0.1) is 28.6 Å². The van der Waals surface area contributed by atoms with E-state index < -0.39 is 12.1 Å². The van der Waals surface area contributed by atoms with Crippen LogP contribution in [0.1, 0.15) is 78.6 Å². The molecule has 4 atom stereocenters. The number of carbonyl (C=O) groups is 3. The summed E-state index contributed by atoms with van der Waals surface area (Å²) in [4.78, 5) is 48.1. The number of hydrogen-bond acceptors (Lipinski definition) is 6. The Morgan fingerprint density at radius 3 is 2.43 bits per heavy atom. The second-order valence-corrected chi connectivity index (χ2v) is 15.8. The van der Waals surface area contributed by atoms with Gasteiger partial charge in [-0.15, -0.1) is 0 Å². The minimum Gasteiger partial charge on any atom is -0.376 e. The number of amides is 3. The predicted molar refractivity (Wildman–Crippen MR) is 177 cm³/mol. The van der Waals surface area contributed by atoms with Crippen LogP contribution in [0.2, 0.25) is 0 Å². The molecule has 7 rings (SSSR count). The van der Waals surface area contributed by atoms with Crippen LogP contribution in [0.15, 0.2) is 24.4 Å². The van der Waals surface area contributed by atoms with E-state index in [4.69, 9.17) is 4.74 Å². The largest absolute Gasteiger partial charge is 0.376 e. The third-order valence-electron chi connectivity index (χ3n) is 11.9. The number of hydrogen-bond donors (Lipinski definition) is 2. The average molecular weight is 633 g/mol. The molecule has 2 aliphatic carbocycles. The monoisotopic (exact) mass is 632 g/mol. The molecule has 250 valence electrons. The van der Waals surface area contributed by atoms with E-state index in [-0.39, 0.29) is 40.4 Å². The fourth-order valence-electron chi connectivity index (χ4n) is 8.71. The molecule has 0 bridgehead atoms. The molecule has 3 amide bonds. The highest BCUT2D eigenvalue weighted by Gasteiger charge is 2.61. The van der Waals surface area contributed by atoms with E-state index in [0.717, 1.165) is 55.4 Å². The Morgan fingerprint density at radius 2 is 1.72 bits per heavy atom. The molecule has 1 aromatic carbocycles. The van der Waals surface area contributed by atoms with Crippen LogP contribution in [-0.2, 0) is 19.1 Å². The zero-order valence-corrected chi connectivity index (χ0v) is 27.9. The lowest BCUT2D eigenvalue weighted by molar-refractivity contribution is -0.153. The summed E-state index contributed by atoms with van der Waals surface area (Å²) in [7, 11) is 0. The molecule has 1 aromatic heterocycles. The number of H-pyrrole nitrogens is 1. The Morgan fingerprint density at radius 1 is 1.00 bits per heavy atom. The first kappa shape index (κ1) is 31.5. The summed E-state index contributed by atoms with van der Waals surface area (Å²) < 4.78 is 6.41. The molecule has 0 unspecified atom stereocenters. The van der Waals surface area contributed by atoms with Gasteiger partial charge >= 0.3 is 0 Å². The maximum atomic E-state index is 14.5. The highest BCUT2D eigenvalue weighted by molar-refractivity contribution is 5.93. The molecule has 2 aromatic rings. The number of aromatic nitrogens is 2. The zero-order chi connectivity index (χ0) is 32.1. The summed E-state index contributed by atoms with van der Waals surface area (Å²) in [6.07, 6.45) is 11.5. The number of rotatable bonds is 9. The van der Waals surface area contributed by atoms with Crippen molar-refractivity contribution in [3.63, 3.8) is 0 Å². The van der Waals surface area contributed by atoms with Crippen LogP contribution in [0.4, 0.5) is 5.69 Å². The Hall–Kier alpha value is -3.14. The molecule has 10 heteroatoms. The van der Waals surface area contributed by atoms with Gasteiger partial charge in [0.15, 0.2) is 0 Å². The fourth-order valence-corrected chi connectivity index (χ4v) is 8.71. The second kappa shape index (κ2) is 12.5. The number of piperidine rings is 1. The second-order valence-electron chi connectivity index (χ2n) is 15.8. The van der Waals surface area contributed by atoms with Crippen LogP contribution in [0.5, 0.6) is 0 Å². The summed E-state index contributed by atoms with van der Waals surface area (Å²) in [5, 5.41) is 11.7. The smallest absolute Gasteiger partial charge is 0.247 e. The summed E-state index contributed by atoms with van der Waals surface area (Å²) in [5.41, 5.74) is 1.65. The van der Waals surface area contributed by atoms with Crippen molar-refractivity contribution < 1.29 is 19.1 Å². The summed E-state index contributed by atoms with van der Waals surface area (Å²) >= 11 is 0. The van der Waals surface area contributed by atoms with Gasteiger partial charge in [-0.3, -0.25) is 19.5 Å². The molecule has 4 heterocycles. The third kappa shape index (κ3) is 6.02. The van der Waals surface area contributed by atoms with Crippen LogP contribution < -0.4 is 10.2 Å². The number of aromatic amines is 1. The normalized spacial score (nSPS) is 27.0. The van der Waals surface area contributed by atoms with E-state index in [0.29, 0.717) is 38.7 Å². The van der Waals surface area contributed by atoms with Gasteiger partial charge in [0.25, 0.3) is 0 Å². The molecule has 46 heavy (non-hydrogen) atoms. The van der Waals surface area contributed by atoms with Crippen molar-refractivity contribution in [3.05, 3.63) is 24.4 Å². The molecule has 0 radical (unpaired) electrons. The number of likely N-dealkylation sites (tertiary alicyclic amines) is 2. The van der Waals surface area contributed by atoms with E-state index >= 15 is 0 Å². The van der Waals surface area contributed by atoms with E-state index in [2.05, 4.69) is 40.3 Å². The molecular weight excluding hydrogens is 580 g/mol. The van der Waals surface area contributed by atoms with Crippen LogP contribution in [-0.4, -0.2) is 95.7 Å². The number of carbonyl (C=O) groups excluding carboxylic acids is 3. The minimum atomic E-state index is -0.735. The first-order valence-electron chi connectivity index (χ1n) is 17.8. The lowest BCUT2D eigenvalue weighted by atomic mass is 9.70. The highest BCUT2D eigenvalue weighted by atomic mass is 16.5. The van der Waals surface area contributed by atoms with Gasteiger partial charge in [-0.25, -0.2) is 0 Å². The maximum Gasteiger partial charge on any atom is 0.247 e. The molecule has 1 spiro atoms. The van der Waals surface area contributed by atoms with E-state index in [9.17, 15) is 14.4 Å². The van der Waals surface area contributed by atoms with Gasteiger partial charge in [-0.05, 0) is 62.8 Å². The number of nitrogens with one attached hydrogen (secondary N) is 2. The summed E-state index contributed by atoms with van der Waals surface area (Å²) in [5.74, 6) is 0.292. The average Bonchev–Trinajstić information content (AvgIpc) is 3.38. The van der Waals surface area contributed by atoms with Gasteiger partial charge in [0.2, 0.25) is 17.7 Å². The van der Waals surface area contributed by atoms with Crippen LogP contribution in [0.3, 0.4) is 0 Å². The van der Waals surface area contributed by atoms with Gasteiger partial charge in [-0.1, -0.05) is 45.2 Å². The van der Waals surface area contributed by atoms with Crippen molar-refractivity contribution in [1.82, 2.24) is 25.3 Å². The molecular formula is C36H52N6O4. The van der Waals surface area contributed by atoms with Gasteiger partial charge in [0, 0.05) is 62.6 Å². The zero-order valence-electron chi connectivity index (χ0n) is 27.9. The summed E-state index contributed by atoms with van der Waals surface area (Å²) in [6, 6.07) is 5.40. The summed E-state index contributed by atoms with van der Waals surface area (Å²) in [6.45, 7) is 10.6. The van der Waals surface area contributed by atoms with Gasteiger partial charge in [0.1, 0.15) is 6.04 Å². The molecule has 2 N–H and O–H groups in total. The Labute approximate surface area is 272 Å². The van der Waals surface area contributed by atoms with Crippen molar-refractivity contribution in [3.8, 4) is 0 Å². The maximum absolute atomic E-state index is 14.5. The van der Waals surface area contributed by atoms with Crippen molar-refractivity contribution in [2.24, 2.45) is 28.6 Å². The molecule has 3 aliphatic heterocycles. The van der Waals surface area contributed by atoms with Crippen molar-refractivity contribution in [2.45, 2.75) is 90.7 Å². The van der Waals surface area contributed by atoms with E-state index in [1.165, 1.54) is 32.1 Å². The highest BCUT2D eigenvalue weighted by Crippen LogP contribution is 2.55. The van der Waals surface area contributed by atoms with Gasteiger partial charge in [0.05, 0.1) is 29.4 Å². The first-order valence-corrected chi connectivity index (χ1v) is 17.8. The number of para-hydroxylation sites is 1. The number of ether oxygens (including phenoxy) is 1. The van der Waals surface area contributed by atoms with Gasteiger partial charge < -0.3 is 24.8 Å². The van der Waals surface area contributed by atoms with Crippen LogP contribution in [0.25, 0.3) is 10.9 Å². The van der Waals surface area contributed by atoms with Crippen molar-refractivity contribution in [2.75, 3.05) is 50.8 Å².